The van der Waals surface area contributed by atoms with Gasteiger partial charge in [0.1, 0.15) is 17.2 Å². The third kappa shape index (κ3) is 2.54. The van der Waals surface area contributed by atoms with E-state index in [1.807, 2.05) is 32.0 Å². The van der Waals surface area contributed by atoms with Gasteiger partial charge in [-0.15, -0.1) is 0 Å². The number of methoxy groups -OCH3 is 1. The van der Waals surface area contributed by atoms with Gasteiger partial charge in [0, 0.05) is 0 Å². The Labute approximate surface area is 118 Å². The highest BCUT2D eigenvalue weighted by Crippen LogP contribution is 2.37. The van der Waals surface area contributed by atoms with Gasteiger partial charge in [-0.05, 0) is 38.5 Å². The van der Waals surface area contributed by atoms with Crippen molar-refractivity contribution in [1.82, 2.24) is 0 Å². The second-order valence-electron chi connectivity index (χ2n) is 5.27. The van der Waals surface area contributed by atoms with Gasteiger partial charge in [0.15, 0.2) is 0 Å². The molecule has 2 rings (SSSR count). The van der Waals surface area contributed by atoms with E-state index in [0.717, 1.165) is 11.1 Å². The lowest BCUT2D eigenvalue weighted by Gasteiger charge is -2.27. The minimum Gasteiger partial charge on any atom is -0.496 e. The van der Waals surface area contributed by atoms with Crippen LogP contribution in [0.25, 0.3) is 0 Å². The van der Waals surface area contributed by atoms with Crippen LogP contribution in [0.5, 0.6) is 5.75 Å². The monoisotopic (exact) mass is 274 g/mol. The molecule has 2 nitrogen and oxygen atoms in total. The third-order valence-corrected chi connectivity index (χ3v) is 3.47. The highest BCUT2D eigenvalue weighted by Gasteiger charge is 2.32. The average molecular weight is 274 g/mol. The largest absolute Gasteiger partial charge is 0.496 e. The summed E-state index contributed by atoms with van der Waals surface area (Å²) in [6.45, 7) is 5.48. The average Bonchev–Trinajstić information content (AvgIpc) is 2.36. The van der Waals surface area contributed by atoms with Crippen LogP contribution in [0.2, 0.25) is 0 Å². The molecule has 0 aliphatic rings. The predicted molar refractivity (Wildman–Crippen MR) is 77.5 cm³/mol. The van der Waals surface area contributed by atoms with Crippen molar-refractivity contribution < 1.29 is 14.2 Å². The van der Waals surface area contributed by atoms with Crippen LogP contribution in [0.3, 0.4) is 0 Å². The molecule has 0 heterocycles. The quantitative estimate of drug-likeness (QED) is 0.924. The van der Waals surface area contributed by atoms with Crippen LogP contribution in [0.15, 0.2) is 36.4 Å². The fraction of sp³-hybridized carbons (Fsp3) is 0.294. The second-order valence-corrected chi connectivity index (χ2v) is 5.27. The molecule has 0 aliphatic heterocycles. The molecule has 0 aliphatic carbocycles. The Hall–Kier alpha value is -1.87. The van der Waals surface area contributed by atoms with Crippen LogP contribution in [0.1, 0.15) is 29.2 Å². The summed E-state index contributed by atoms with van der Waals surface area (Å²) >= 11 is 0. The molecular weight excluding hydrogens is 255 g/mol. The van der Waals surface area contributed by atoms with E-state index in [1.54, 1.807) is 19.1 Å². The lowest BCUT2D eigenvalue weighted by atomic mass is 9.85. The Kier molecular flexibility index (Phi) is 3.82. The Morgan fingerprint density at radius 3 is 2.25 bits per heavy atom. The summed E-state index contributed by atoms with van der Waals surface area (Å²) in [5.74, 6) is -0.136. The molecule has 0 saturated heterocycles. The Bertz CT molecular complexity index is 613. The van der Waals surface area contributed by atoms with E-state index in [4.69, 9.17) is 4.74 Å². The summed E-state index contributed by atoms with van der Waals surface area (Å²) in [6, 6.07) is 10.3. The summed E-state index contributed by atoms with van der Waals surface area (Å²) in [4.78, 5) is 0. The first-order valence-electron chi connectivity index (χ1n) is 6.50. The van der Waals surface area contributed by atoms with E-state index in [9.17, 15) is 9.50 Å². The van der Waals surface area contributed by atoms with Gasteiger partial charge in [0.05, 0.1) is 12.7 Å². The van der Waals surface area contributed by atoms with Gasteiger partial charge >= 0.3 is 0 Å². The van der Waals surface area contributed by atoms with E-state index in [2.05, 4.69) is 0 Å². The number of hydrogen-bond acceptors (Lipinski definition) is 2. The molecule has 1 N–H and O–H groups in total. The maximum absolute atomic E-state index is 14.2. The van der Waals surface area contributed by atoms with Crippen molar-refractivity contribution in [3.63, 3.8) is 0 Å². The predicted octanol–water partition coefficient (Wildman–Crippen LogP) is 3.71. The van der Waals surface area contributed by atoms with Gasteiger partial charge < -0.3 is 9.84 Å². The molecule has 1 unspecified atom stereocenters. The van der Waals surface area contributed by atoms with Crippen LogP contribution in [0, 0.1) is 19.7 Å². The van der Waals surface area contributed by atoms with E-state index in [0.29, 0.717) is 11.3 Å². The van der Waals surface area contributed by atoms with Crippen LogP contribution in [-0.2, 0) is 5.60 Å². The van der Waals surface area contributed by atoms with Gasteiger partial charge in [-0.1, -0.05) is 35.4 Å². The van der Waals surface area contributed by atoms with Crippen LogP contribution in [0.4, 0.5) is 4.39 Å². The zero-order valence-electron chi connectivity index (χ0n) is 12.2. The van der Waals surface area contributed by atoms with E-state index < -0.39 is 11.4 Å². The zero-order valence-corrected chi connectivity index (χ0v) is 12.2. The molecule has 2 aromatic rings. The molecule has 1 atom stereocenters. The standard InChI is InChI=1S/C17H19FO2/c1-11-8-12(2)10-13(9-11)17(3,19)16-14(18)6-5-7-15(16)20-4/h5-10,19H,1-4H3. The Morgan fingerprint density at radius 2 is 1.70 bits per heavy atom. The number of aliphatic hydroxyl groups is 1. The summed E-state index contributed by atoms with van der Waals surface area (Å²) in [5.41, 5.74) is 1.41. The second kappa shape index (κ2) is 5.25. The van der Waals surface area contributed by atoms with E-state index in [-0.39, 0.29) is 5.56 Å². The first-order chi connectivity index (χ1) is 9.36. The lowest BCUT2D eigenvalue weighted by molar-refractivity contribution is 0.0944. The molecule has 3 heteroatoms. The number of ether oxygens (including phenoxy) is 1. The van der Waals surface area contributed by atoms with Crippen molar-refractivity contribution in [3.8, 4) is 5.75 Å². The van der Waals surface area contributed by atoms with Gasteiger partial charge in [-0.2, -0.15) is 0 Å². The Balaban J connectivity index is 2.66. The minimum absolute atomic E-state index is 0.160. The van der Waals surface area contributed by atoms with Gasteiger partial charge in [0.25, 0.3) is 0 Å². The van der Waals surface area contributed by atoms with Crippen molar-refractivity contribution >= 4 is 0 Å². The number of hydrogen-bond donors (Lipinski definition) is 1. The van der Waals surface area contributed by atoms with Crippen LogP contribution < -0.4 is 4.74 Å². The highest BCUT2D eigenvalue weighted by molar-refractivity contribution is 5.46. The molecule has 0 radical (unpaired) electrons. The van der Waals surface area contributed by atoms with Crippen LogP contribution in [-0.4, -0.2) is 12.2 Å². The molecule has 0 spiro atoms. The molecular formula is C17H19FO2. The maximum atomic E-state index is 14.2. The van der Waals surface area contributed by atoms with Crippen molar-refractivity contribution in [2.45, 2.75) is 26.4 Å². The van der Waals surface area contributed by atoms with Crippen molar-refractivity contribution in [2.75, 3.05) is 7.11 Å². The number of benzene rings is 2. The smallest absolute Gasteiger partial charge is 0.133 e. The summed E-state index contributed by atoms with van der Waals surface area (Å²) in [6.07, 6.45) is 0. The van der Waals surface area contributed by atoms with Crippen LogP contribution >= 0.6 is 0 Å². The number of aryl methyl sites for hydroxylation is 2. The topological polar surface area (TPSA) is 29.5 Å². The van der Waals surface area contributed by atoms with Gasteiger partial charge in [0.2, 0.25) is 0 Å². The SMILES string of the molecule is COc1cccc(F)c1C(C)(O)c1cc(C)cc(C)c1. The zero-order chi connectivity index (χ0) is 14.9. The van der Waals surface area contributed by atoms with E-state index >= 15 is 0 Å². The maximum Gasteiger partial charge on any atom is 0.133 e. The summed E-state index contributed by atoms with van der Waals surface area (Å²) < 4.78 is 19.4. The highest BCUT2D eigenvalue weighted by atomic mass is 19.1. The fourth-order valence-electron chi connectivity index (χ4n) is 2.55. The molecule has 0 saturated carbocycles. The summed E-state index contributed by atoms with van der Waals surface area (Å²) in [5, 5.41) is 10.9. The minimum atomic E-state index is -1.45. The Morgan fingerprint density at radius 1 is 1.10 bits per heavy atom. The molecule has 2 aromatic carbocycles. The van der Waals surface area contributed by atoms with Gasteiger partial charge in [-0.25, -0.2) is 4.39 Å². The van der Waals surface area contributed by atoms with Crippen molar-refractivity contribution in [3.05, 3.63) is 64.5 Å². The third-order valence-electron chi connectivity index (χ3n) is 3.47. The first-order valence-corrected chi connectivity index (χ1v) is 6.50. The van der Waals surface area contributed by atoms with Crippen molar-refractivity contribution in [1.29, 1.82) is 0 Å². The molecule has 0 aromatic heterocycles. The number of rotatable bonds is 3. The van der Waals surface area contributed by atoms with Gasteiger partial charge in [-0.3, -0.25) is 0 Å². The fourth-order valence-corrected chi connectivity index (χ4v) is 2.55. The van der Waals surface area contributed by atoms with E-state index in [1.165, 1.54) is 13.2 Å². The molecule has 0 fully saturated rings. The molecule has 0 amide bonds. The van der Waals surface area contributed by atoms with Crippen molar-refractivity contribution in [2.24, 2.45) is 0 Å². The molecule has 106 valence electrons. The summed E-state index contributed by atoms with van der Waals surface area (Å²) in [7, 11) is 1.47. The lowest BCUT2D eigenvalue weighted by Crippen LogP contribution is -2.25. The number of halogens is 1. The molecule has 0 bridgehead atoms. The normalized spacial score (nSPS) is 13.9. The first kappa shape index (κ1) is 14.5. The molecule has 20 heavy (non-hydrogen) atoms.